The number of rotatable bonds is 5. The molecular weight excluding hydrogens is 529 g/mol. The summed E-state index contributed by atoms with van der Waals surface area (Å²) in [5, 5.41) is 3.51. The molecule has 0 unspecified atom stereocenters. The lowest BCUT2D eigenvalue weighted by molar-refractivity contribution is -0.137. The maximum Gasteiger partial charge on any atom is 0.417 e. The standard InChI is InChI=1S/C23H15ClF5N3O5/c1-10-6-17(37-20-13(24)7-11(9-30-20)23(27,28)29)12(21(34)36-2)8-16(10)31-22(35)32-19(33)18-14(25)4-3-5-15(18)26/h3-9H,1-2H3,(H2,31,32,33,35). The Balaban J connectivity index is 1.87. The lowest BCUT2D eigenvalue weighted by atomic mass is 10.1. The van der Waals surface area contributed by atoms with E-state index in [0.29, 0.717) is 12.3 Å². The third kappa shape index (κ3) is 6.30. The number of pyridine rings is 1. The number of carbonyl (C=O) groups is 3. The predicted octanol–water partition coefficient (Wildman–Crippen LogP) is 5.88. The summed E-state index contributed by atoms with van der Waals surface area (Å²) in [5.41, 5.74) is -2.20. The maximum absolute atomic E-state index is 13.8. The Morgan fingerprint density at radius 1 is 1.05 bits per heavy atom. The average molecular weight is 544 g/mol. The van der Waals surface area contributed by atoms with Gasteiger partial charge in [-0.2, -0.15) is 13.2 Å². The highest BCUT2D eigenvalue weighted by atomic mass is 35.5. The first-order valence-electron chi connectivity index (χ1n) is 10.0. The van der Waals surface area contributed by atoms with E-state index in [1.807, 2.05) is 0 Å². The van der Waals surface area contributed by atoms with Crippen molar-refractivity contribution >= 4 is 35.2 Å². The Hall–Kier alpha value is -4.26. The number of amides is 3. The molecule has 14 heteroatoms. The smallest absolute Gasteiger partial charge is 0.417 e. The van der Waals surface area contributed by atoms with Gasteiger partial charge in [-0.1, -0.05) is 17.7 Å². The van der Waals surface area contributed by atoms with Crippen molar-refractivity contribution in [3.8, 4) is 11.6 Å². The van der Waals surface area contributed by atoms with Gasteiger partial charge in [0.2, 0.25) is 5.88 Å². The number of benzene rings is 2. The number of hydrogen-bond donors (Lipinski definition) is 2. The van der Waals surface area contributed by atoms with Gasteiger partial charge in [-0.05, 0) is 42.8 Å². The summed E-state index contributed by atoms with van der Waals surface area (Å²) in [4.78, 5) is 40.3. The molecule has 0 saturated carbocycles. The van der Waals surface area contributed by atoms with Gasteiger partial charge in [0, 0.05) is 11.9 Å². The summed E-state index contributed by atoms with van der Waals surface area (Å²) >= 11 is 5.86. The molecule has 3 amide bonds. The van der Waals surface area contributed by atoms with Crippen molar-refractivity contribution in [1.82, 2.24) is 10.3 Å². The van der Waals surface area contributed by atoms with Crippen LogP contribution in [-0.2, 0) is 10.9 Å². The van der Waals surface area contributed by atoms with E-state index in [-0.39, 0.29) is 22.6 Å². The van der Waals surface area contributed by atoms with Crippen molar-refractivity contribution in [2.45, 2.75) is 13.1 Å². The van der Waals surface area contributed by atoms with Gasteiger partial charge in [-0.3, -0.25) is 10.1 Å². The zero-order chi connectivity index (χ0) is 27.5. The van der Waals surface area contributed by atoms with Gasteiger partial charge in [0.25, 0.3) is 5.91 Å². The van der Waals surface area contributed by atoms with Crippen molar-refractivity contribution in [1.29, 1.82) is 0 Å². The normalized spacial score (nSPS) is 11.0. The molecule has 0 saturated heterocycles. The number of aryl methyl sites for hydroxylation is 1. The molecule has 0 bridgehead atoms. The van der Waals surface area contributed by atoms with Crippen molar-refractivity contribution in [2.75, 3.05) is 12.4 Å². The molecule has 0 aliphatic carbocycles. The van der Waals surface area contributed by atoms with Gasteiger partial charge in [0.15, 0.2) is 0 Å². The Labute approximate surface area is 210 Å². The van der Waals surface area contributed by atoms with Crippen LogP contribution in [0.3, 0.4) is 0 Å². The Morgan fingerprint density at radius 3 is 2.27 bits per heavy atom. The molecule has 194 valence electrons. The monoisotopic (exact) mass is 543 g/mol. The van der Waals surface area contributed by atoms with E-state index in [0.717, 1.165) is 31.4 Å². The zero-order valence-electron chi connectivity index (χ0n) is 18.8. The van der Waals surface area contributed by atoms with E-state index in [2.05, 4.69) is 15.0 Å². The first-order valence-corrected chi connectivity index (χ1v) is 10.4. The highest BCUT2D eigenvalue weighted by molar-refractivity contribution is 6.31. The molecule has 0 aliphatic rings. The number of urea groups is 1. The topological polar surface area (TPSA) is 107 Å². The second-order valence-corrected chi connectivity index (χ2v) is 7.68. The minimum Gasteiger partial charge on any atom is -0.465 e. The largest absolute Gasteiger partial charge is 0.465 e. The van der Waals surface area contributed by atoms with Gasteiger partial charge < -0.3 is 14.8 Å². The highest BCUT2D eigenvalue weighted by Crippen LogP contribution is 2.36. The van der Waals surface area contributed by atoms with Crippen LogP contribution in [0.1, 0.15) is 31.8 Å². The summed E-state index contributed by atoms with van der Waals surface area (Å²) in [5.74, 6) is -5.38. The summed E-state index contributed by atoms with van der Waals surface area (Å²) in [6, 6.07) is 4.41. The van der Waals surface area contributed by atoms with E-state index in [9.17, 15) is 36.3 Å². The first kappa shape index (κ1) is 27.3. The molecule has 37 heavy (non-hydrogen) atoms. The second kappa shape index (κ2) is 10.8. The van der Waals surface area contributed by atoms with Gasteiger partial charge in [0.05, 0.1) is 12.7 Å². The number of nitrogens with one attached hydrogen (secondary N) is 2. The maximum atomic E-state index is 13.8. The zero-order valence-corrected chi connectivity index (χ0v) is 19.6. The van der Waals surface area contributed by atoms with Crippen LogP contribution < -0.4 is 15.4 Å². The fourth-order valence-electron chi connectivity index (χ4n) is 2.96. The SMILES string of the molecule is COC(=O)c1cc(NC(=O)NC(=O)c2c(F)cccc2F)c(C)cc1Oc1ncc(C(F)(F)F)cc1Cl. The second-order valence-electron chi connectivity index (χ2n) is 7.27. The number of esters is 1. The molecule has 8 nitrogen and oxygen atoms in total. The Morgan fingerprint density at radius 2 is 1.70 bits per heavy atom. The van der Waals surface area contributed by atoms with Crippen molar-refractivity contribution in [3.05, 3.63) is 81.5 Å². The molecule has 0 spiro atoms. The van der Waals surface area contributed by atoms with Crippen LogP contribution >= 0.6 is 11.6 Å². The molecule has 1 heterocycles. The molecule has 1 aromatic heterocycles. The first-order chi connectivity index (χ1) is 17.3. The molecular formula is C23H15ClF5N3O5. The van der Waals surface area contributed by atoms with E-state index in [1.54, 1.807) is 5.32 Å². The van der Waals surface area contributed by atoms with E-state index in [1.165, 1.54) is 13.0 Å². The fourth-order valence-corrected chi connectivity index (χ4v) is 3.17. The van der Waals surface area contributed by atoms with Crippen molar-refractivity contribution < 1.29 is 45.8 Å². The Bertz CT molecular complexity index is 1380. The lowest BCUT2D eigenvalue weighted by Gasteiger charge is -2.16. The molecule has 3 aromatic rings. The van der Waals surface area contributed by atoms with Crippen LogP contribution in [0.5, 0.6) is 11.6 Å². The number of nitrogens with zero attached hydrogens (tertiary/aromatic N) is 1. The van der Waals surface area contributed by atoms with Gasteiger partial charge in [-0.25, -0.2) is 23.4 Å². The van der Waals surface area contributed by atoms with Crippen LogP contribution in [0.15, 0.2) is 42.6 Å². The van der Waals surface area contributed by atoms with E-state index < -0.39 is 57.7 Å². The van der Waals surface area contributed by atoms with Crippen LogP contribution in [0, 0.1) is 18.6 Å². The number of imide groups is 1. The number of hydrogen-bond acceptors (Lipinski definition) is 6. The van der Waals surface area contributed by atoms with Gasteiger partial charge in [0.1, 0.15) is 33.5 Å². The van der Waals surface area contributed by atoms with E-state index >= 15 is 0 Å². The molecule has 0 fully saturated rings. The molecule has 0 atom stereocenters. The number of anilines is 1. The summed E-state index contributed by atoms with van der Waals surface area (Å²) < 4.78 is 76.3. The van der Waals surface area contributed by atoms with Gasteiger partial charge in [-0.15, -0.1) is 0 Å². The quantitative estimate of drug-likeness (QED) is 0.307. The molecule has 3 rings (SSSR count). The Kier molecular flexibility index (Phi) is 7.96. The minimum absolute atomic E-state index is 0.0430. The third-order valence-electron chi connectivity index (χ3n) is 4.74. The van der Waals surface area contributed by atoms with Crippen LogP contribution in [0.25, 0.3) is 0 Å². The number of carbonyl (C=O) groups excluding carboxylic acids is 3. The predicted molar refractivity (Wildman–Crippen MR) is 120 cm³/mol. The van der Waals surface area contributed by atoms with Crippen molar-refractivity contribution in [2.24, 2.45) is 0 Å². The van der Waals surface area contributed by atoms with Crippen molar-refractivity contribution in [3.63, 3.8) is 0 Å². The number of ether oxygens (including phenoxy) is 2. The molecule has 0 aliphatic heterocycles. The lowest BCUT2D eigenvalue weighted by Crippen LogP contribution is -2.35. The fraction of sp³-hybridized carbons (Fsp3) is 0.130. The number of aromatic nitrogens is 1. The summed E-state index contributed by atoms with van der Waals surface area (Å²) in [7, 11) is 1.04. The molecule has 2 aromatic carbocycles. The van der Waals surface area contributed by atoms with Crippen LogP contribution in [0.4, 0.5) is 32.4 Å². The highest BCUT2D eigenvalue weighted by Gasteiger charge is 2.32. The molecule has 2 N–H and O–H groups in total. The number of alkyl halides is 3. The van der Waals surface area contributed by atoms with E-state index in [4.69, 9.17) is 16.3 Å². The molecule has 0 radical (unpaired) electrons. The minimum atomic E-state index is -4.70. The van der Waals surface area contributed by atoms with Crippen LogP contribution in [0.2, 0.25) is 5.02 Å². The number of halogens is 6. The number of methoxy groups -OCH3 is 1. The van der Waals surface area contributed by atoms with Crippen LogP contribution in [-0.4, -0.2) is 30.0 Å². The average Bonchev–Trinajstić information content (AvgIpc) is 2.80. The summed E-state index contributed by atoms with van der Waals surface area (Å²) in [6.45, 7) is 1.45. The summed E-state index contributed by atoms with van der Waals surface area (Å²) in [6.07, 6.45) is -4.21. The third-order valence-corrected chi connectivity index (χ3v) is 5.01. The van der Waals surface area contributed by atoms with Gasteiger partial charge >= 0.3 is 18.2 Å².